The Hall–Kier alpha value is -2.75. The summed E-state index contributed by atoms with van der Waals surface area (Å²) in [5.74, 6) is -1.34. The van der Waals surface area contributed by atoms with E-state index in [0.717, 1.165) is 0 Å². The van der Waals surface area contributed by atoms with Gasteiger partial charge in [0.2, 0.25) is 0 Å². The van der Waals surface area contributed by atoms with Crippen LogP contribution in [0.4, 0.5) is 5.69 Å². The van der Waals surface area contributed by atoms with Crippen LogP contribution < -0.4 is 5.06 Å². The van der Waals surface area contributed by atoms with Crippen molar-refractivity contribution in [1.29, 1.82) is 0 Å². The number of carboxylic acids is 1. The summed E-state index contributed by atoms with van der Waals surface area (Å²) in [6.07, 6.45) is -1.80. The first kappa shape index (κ1) is 13.7. The molecule has 1 aromatic carbocycles. The standard InChI is InChI=1S/C10H9N3O7/c14-8(15)5-20-11-7-4-2-1-3-6(7)9(12(16)17)10(11)13(18)19/h1-4,9-10H,5H2,(H,14,15). The molecule has 10 nitrogen and oxygen atoms in total. The van der Waals surface area contributed by atoms with Crippen LogP contribution in [0.1, 0.15) is 11.6 Å². The zero-order valence-electron chi connectivity index (χ0n) is 9.91. The van der Waals surface area contributed by atoms with Gasteiger partial charge in [-0.25, -0.2) is 4.79 Å². The summed E-state index contributed by atoms with van der Waals surface area (Å²) in [5.41, 5.74) is 0.238. The normalized spacial score (nSPS) is 20.5. The number of hydrogen-bond donors (Lipinski definition) is 1. The number of hydroxylamine groups is 1. The number of aliphatic carboxylic acids is 1. The maximum Gasteiger partial charge on any atom is 0.379 e. The van der Waals surface area contributed by atoms with Crippen molar-refractivity contribution < 1.29 is 24.6 Å². The van der Waals surface area contributed by atoms with Crippen LogP contribution in [0.25, 0.3) is 0 Å². The van der Waals surface area contributed by atoms with Crippen LogP contribution >= 0.6 is 0 Å². The summed E-state index contributed by atoms with van der Waals surface area (Å²) < 4.78 is 0. The minimum absolute atomic E-state index is 0.115. The van der Waals surface area contributed by atoms with Gasteiger partial charge in [-0.05, 0) is 12.1 Å². The molecular formula is C10H9N3O7. The quantitative estimate of drug-likeness (QED) is 0.607. The Labute approximate surface area is 111 Å². The fraction of sp³-hybridized carbons (Fsp3) is 0.300. The van der Waals surface area contributed by atoms with Crippen molar-refractivity contribution in [2.24, 2.45) is 0 Å². The first-order valence-electron chi connectivity index (χ1n) is 5.43. The minimum Gasteiger partial charge on any atom is -0.479 e. The van der Waals surface area contributed by atoms with Gasteiger partial charge in [-0.1, -0.05) is 12.1 Å². The Balaban J connectivity index is 2.44. The molecule has 0 amide bonds. The number of anilines is 1. The Morgan fingerprint density at radius 2 is 1.95 bits per heavy atom. The van der Waals surface area contributed by atoms with Crippen molar-refractivity contribution in [3.05, 3.63) is 50.1 Å². The van der Waals surface area contributed by atoms with Crippen LogP contribution in [0, 0.1) is 20.2 Å². The van der Waals surface area contributed by atoms with E-state index in [1.807, 2.05) is 0 Å². The van der Waals surface area contributed by atoms with Crippen molar-refractivity contribution in [3.63, 3.8) is 0 Å². The highest BCUT2D eigenvalue weighted by Crippen LogP contribution is 2.41. The molecule has 1 N–H and O–H groups in total. The first-order chi connectivity index (χ1) is 9.43. The van der Waals surface area contributed by atoms with Gasteiger partial charge in [0, 0.05) is 4.92 Å². The van der Waals surface area contributed by atoms with Crippen molar-refractivity contribution in [3.8, 4) is 0 Å². The first-order valence-corrected chi connectivity index (χ1v) is 5.43. The number of rotatable bonds is 5. The molecule has 1 aliphatic rings. The van der Waals surface area contributed by atoms with Gasteiger partial charge in [0.15, 0.2) is 6.61 Å². The Morgan fingerprint density at radius 1 is 1.30 bits per heavy atom. The van der Waals surface area contributed by atoms with E-state index in [2.05, 4.69) is 0 Å². The maximum absolute atomic E-state index is 11.1. The van der Waals surface area contributed by atoms with Gasteiger partial charge in [-0.15, -0.1) is 0 Å². The molecule has 1 heterocycles. The number of benzene rings is 1. The number of para-hydroxylation sites is 1. The van der Waals surface area contributed by atoms with Crippen LogP contribution in [0.2, 0.25) is 0 Å². The number of carboxylic acid groups (broad SMARTS) is 1. The zero-order chi connectivity index (χ0) is 14.9. The lowest BCUT2D eigenvalue weighted by atomic mass is 10.1. The molecule has 0 saturated carbocycles. The number of nitrogens with zero attached hydrogens (tertiary/aromatic N) is 3. The second-order valence-electron chi connectivity index (χ2n) is 3.98. The summed E-state index contributed by atoms with van der Waals surface area (Å²) >= 11 is 0. The van der Waals surface area contributed by atoms with E-state index in [0.29, 0.717) is 5.06 Å². The molecule has 0 aliphatic carbocycles. The van der Waals surface area contributed by atoms with Gasteiger partial charge in [0.05, 0.1) is 16.2 Å². The largest absolute Gasteiger partial charge is 0.479 e. The number of hydrogen-bond acceptors (Lipinski definition) is 7. The highest BCUT2D eigenvalue weighted by molar-refractivity contribution is 5.68. The average molecular weight is 283 g/mol. The lowest BCUT2D eigenvalue weighted by molar-refractivity contribution is -0.623. The van der Waals surface area contributed by atoms with Gasteiger partial charge in [-0.3, -0.25) is 25.1 Å². The maximum atomic E-state index is 11.1. The second-order valence-corrected chi connectivity index (χ2v) is 3.98. The summed E-state index contributed by atoms with van der Waals surface area (Å²) in [5, 5.41) is 31.4. The van der Waals surface area contributed by atoms with Crippen LogP contribution in [0.15, 0.2) is 24.3 Å². The molecule has 2 atom stereocenters. The Kier molecular flexibility index (Phi) is 3.48. The van der Waals surface area contributed by atoms with Crippen LogP contribution in [-0.4, -0.2) is 33.7 Å². The fourth-order valence-electron chi connectivity index (χ4n) is 2.06. The molecule has 0 spiro atoms. The van der Waals surface area contributed by atoms with Crippen molar-refractivity contribution in [2.45, 2.75) is 12.2 Å². The third kappa shape index (κ3) is 2.23. The monoisotopic (exact) mass is 283 g/mol. The summed E-state index contributed by atoms with van der Waals surface area (Å²) in [7, 11) is 0. The molecule has 1 aliphatic heterocycles. The van der Waals surface area contributed by atoms with Crippen molar-refractivity contribution in [1.82, 2.24) is 0 Å². The molecule has 0 bridgehead atoms. The topological polar surface area (TPSA) is 136 Å². The molecule has 0 radical (unpaired) electrons. The zero-order valence-corrected chi connectivity index (χ0v) is 9.91. The molecule has 10 heteroatoms. The van der Waals surface area contributed by atoms with Crippen LogP contribution in [0.3, 0.4) is 0 Å². The van der Waals surface area contributed by atoms with E-state index in [9.17, 15) is 25.0 Å². The van der Waals surface area contributed by atoms with Gasteiger partial charge < -0.3 is 5.11 Å². The second kappa shape index (κ2) is 5.09. The van der Waals surface area contributed by atoms with Crippen LogP contribution in [0.5, 0.6) is 0 Å². The molecule has 2 rings (SSSR count). The van der Waals surface area contributed by atoms with E-state index >= 15 is 0 Å². The summed E-state index contributed by atoms with van der Waals surface area (Å²) in [6, 6.07) is 4.19. The highest BCUT2D eigenvalue weighted by atomic mass is 16.7. The molecule has 20 heavy (non-hydrogen) atoms. The van der Waals surface area contributed by atoms with E-state index in [1.165, 1.54) is 24.3 Å². The van der Waals surface area contributed by atoms with Gasteiger partial charge in [0.1, 0.15) is 0 Å². The number of fused-ring (bicyclic) bond motifs is 1. The summed E-state index contributed by atoms with van der Waals surface area (Å²) in [6.45, 7) is -0.830. The third-order valence-electron chi connectivity index (χ3n) is 2.79. The average Bonchev–Trinajstić information content (AvgIpc) is 2.71. The molecule has 0 fully saturated rings. The van der Waals surface area contributed by atoms with Crippen LogP contribution in [-0.2, 0) is 9.63 Å². The minimum atomic E-state index is -1.80. The SMILES string of the molecule is O=C(O)CON1c2ccccc2C([N+](=O)[O-])C1[N+](=O)[O-]. The molecule has 1 aromatic rings. The van der Waals surface area contributed by atoms with E-state index in [-0.39, 0.29) is 11.3 Å². The predicted molar refractivity (Wildman–Crippen MR) is 63.0 cm³/mol. The highest BCUT2D eigenvalue weighted by Gasteiger charge is 2.55. The van der Waals surface area contributed by atoms with Gasteiger partial charge >= 0.3 is 18.2 Å². The molecule has 2 unspecified atom stereocenters. The molecule has 0 saturated heterocycles. The lowest BCUT2D eigenvalue weighted by Crippen LogP contribution is -2.43. The van der Waals surface area contributed by atoms with Gasteiger partial charge in [0.25, 0.3) is 0 Å². The van der Waals surface area contributed by atoms with Crippen molar-refractivity contribution in [2.75, 3.05) is 11.7 Å². The summed E-state index contributed by atoms with van der Waals surface area (Å²) in [4.78, 5) is 35.8. The molecule has 0 aromatic heterocycles. The lowest BCUT2D eigenvalue weighted by Gasteiger charge is -2.19. The smallest absolute Gasteiger partial charge is 0.379 e. The van der Waals surface area contributed by atoms with Gasteiger partial charge in [-0.2, -0.15) is 5.06 Å². The third-order valence-corrected chi connectivity index (χ3v) is 2.79. The van der Waals surface area contributed by atoms with E-state index in [1.54, 1.807) is 0 Å². The van der Waals surface area contributed by atoms with E-state index < -0.39 is 34.6 Å². The predicted octanol–water partition coefficient (Wildman–Crippen LogP) is 0.443. The van der Waals surface area contributed by atoms with Crippen molar-refractivity contribution >= 4 is 11.7 Å². The molecular weight excluding hydrogens is 274 g/mol. The van der Waals surface area contributed by atoms with E-state index in [4.69, 9.17) is 9.94 Å². The number of carbonyl (C=O) groups is 1. The number of nitro groups is 2. The molecule has 106 valence electrons. The Bertz CT molecular complexity index is 576. The Morgan fingerprint density at radius 3 is 2.50 bits per heavy atom. The fourth-order valence-corrected chi connectivity index (χ4v) is 2.06.